The van der Waals surface area contributed by atoms with Crippen molar-refractivity contribution >= 4 is 28.3 Å². The van der Waals surface area contributed by atoms with Crippen LogP contribution in [0.1, 0.15) is 52.9 Å². The first-order valence-corrected chi connectivity index (χ1v) is 14.4. The van der Waals surface area contributed by atoms with Crippen molar-refractivity contribution in [3.05, 3.63) is 34.5 Å². The molecule has 0 aromatic carbocycles. The predicted octanol–water partition coefficient (Wildman–Crippen LogP) is 3.90. The zero-order valence-corrected chi connectivity index (χ0v) is 23.4. The Hall–Kier alpha value is -2.73. The Balaban J connectivity index is 2.15. The first-order chi connectivity index (χ1) is 17.7. The summed E-state index contributed by atoms with van der Waals surface area (Å²) in [5.74, 6) is 1.03. The van der Waals surface area contributed by atoms with E-state index in [4.69, 9.17) is 14.3 Å². The highest BCUT2D eigenvalue weighted by Gasteiger charge is 2.34. The van der Waals surface area contributed by atoms with Crippen molar-refractivity contribution in [2.45, 2.75) is 65.1 Å². The van der Waals surface area contributed by atoms with Gasteiger partial charge in [-0.3, -0.25) is 4.99 Å². The molecule has 0 radical (unpaired) electrons. The summed E-state index contributed by atoms with van der Waals surface area (Å²) in [7, 11) is -0.341. The molecule has 0 aliphatic carbocycles. The lowest BCUT2D eigenvalue weighted by Gasteiger charge is -2.34. The van der Waals surface area contributed by atoms with E-state index >= 15 is 0 Å². The first kappa shape index (κ1) is 30.5. The van der Waals surface area contributed by atoms with Crippen molar-refractivity contribution < 1.29 is 27.1 Å². The van der Waals surface area contributed by atoms with Gasteiger partial charge in [0.15, 0.2) is 21.4 Å². The van der Waals surface area contributed by atoms with Crippen LogP contribution in [0.3, 0.4) is 0 Å². The summed E-state index contributed by atoms with van der Waals surface area (Å²) in [6, 6.07) is 0.179. The number of nitrogens with one attached hydrogen (secondary N) is 1. The lowest BCUT2D eigenvalue weighted by atomic mass is 9.99. The summed E-state index contributed by atoms with van der Waals surface area (Å²) in [5, 5.41) is 7.12. The largest absolute Gasteiger partial charge is 0.493 e. The van der Waals surface area contributed by atoms with Gasteiger partial charge in [0.2, 0.25) is 12.1 Å². The van der Waals surface area contributed by atoms with Gasteiger partial charge in [-0.15, -0.1) is 0 Å². The smallest absolute Gasteiger partial charge is 0.222 e. The maximum Gasteiger partial charge on any atom is 0.222 e. The van der Waals surface area contributed by atoms with Crippen LogP contribution in [0.25, 0.3) is 0 Å². The van der Waals surface area contributed by atoms with Crippen LogP contribution in [0.5, 0.6) is 0 Å². The molecule has 2 heterocycles. The molecule has 208 valence electrons. The standard InChI is InChI=1S/C25H40FN5O5S/c1-7-10-21(37(6,32)33)15-19(26)16-35-25-22(34-5)23(28-17-29-25)31-13-9-11-20(31)14-18(3)24(27-4)36-30-12-8-2/h10,12,15,17-18,20,25H,7-9,11,13-14,16H2,1-6H3,(H,28,29)/b19-15+,21-10+,27-24?,30-12+. The molecule has 0 bridgehead atoms. The van der Waals surface area contributed by atoms with E-state index in [1.807, 2.05) is 6.92 Å². The van der Waals surface area contributed by atoms with E-state index in [0.29, 0.717) is 23.9 Å². The van der Waals surface area contributed by atoms with Crippen molar-refractivity contribution in [2.24, 2.45) is 21.1 Å². The number of halogens is 1. The molecular formula is C25H40FN5O5S. The second-order valence-electron chi connectivity index (χ2n) is 8.86. The third kappa shape index (κ3) is 8.96. The molecule has 0 aromatic heterocycles. The minimum atomic E-state index is -3.55. The van der Waals surface area contributed by atoms with Gasteiger partial charge in [0.25, 0.3) is 0 Å². The van der Waals surface area contributed by atoms with Crippen LogP contribution in [-0.4, -0.2) is 77.6 Å². The van der Waals surface area contributed by atoms with Crippen LogP contribution in [-0.2, 0) is 24.1 Å². The Labute approximate surface area is 219 Å². The van der Waals surface area contributed by atoms with Crippen molar-refractivity contribution in [1.29, 1.82) is 0 Å². The third-order valence-corrected chi connectivity index (χ3v) is 7.08. The van der Waals surface area contributed by atoms with Crippen LogP contribution in [0.4, 0.5) is 4.39 Å². The number of ether oxygens (including phenoxy) is 2. The fourth-order valence-electron chi connectivity index (χ4n) is 4.24. The summed E-state index contributed by atoms with van der Waals surface area (Å²) in [4.78, 5) is 16.1. The molecule has 1 fully saturated rings. The molecule has 3 atom stereocenters. The molecule has 10 nitrogen and oxygen atoms in total. The number of oxime groups is 1. The van der Waals surface area contributed by atoms with E-state index in [2.05, 4.69) is 32.3 Å². The number of aliphatic imine (C=N–C) groups is 2. The number of sulfone groups is 1. The molecule has 2 rings (SSSR count). The molecule has 0 saturated carbocycles. The molecule has 0 aromatic rings. The number of hydrogen-bond acceptors (Lipinski definition) is 10. The Morgan fingerprint density at radius 2 is 2.14 bits per heavy atom. The van der Waals surface area contributed by atoms with Crippen molar-refractivity contribution in [3.63, 3.8) is 0 Å². The van der Waals surface area contributed by atoms with Crippen molar-refractivity contribution in [3.8, 4) is 0 Å². The molecule has 1 N–H and O–H groups in total. The van der Waals surface area contributed by atoms with Gasteiger partial charge in [-0.05, 0) is 38.2 Å². The quantitative estimate of drug-likeness (QED) is 0.163. The van der Waals surface area contributed by atoms with Crippen LogP contribution in [0.2, 0.25) is 0 Å². The SMILES string of the molecule is CC/C=N/OC(=NC)C(C)CC1CCCN1C1=C(OC)C(OC/C(F)=C\C(=C/CC)S(C)(=O)=O)N=CN1. The fraction of sp³-hybridized carbons (Fsp3) is 0.640. The van der Waals surface area contributed by atoms with Crippen molar-refractivity contribution in [2.75, 3.05) is 33.6 Å². The Bertz CT molecular complexity index is 1050. The highest BCUT2D eigenvalue weighted by Crippen LogP contribution is 2.30. The molecule has 0 amide bonds. The van der Waals surface area contributed by atoms with E-state index in [1.165, 1.54) is 19.5 Å². The number of rotatable bonds is 13. The molecule has 2 aliphatic heterocycles. The average molecular weight is 542 g/mol. The van der Waals surface area contributed by atoms with Gasteiger partial charge < -0.3 is 24.5 Å². The van der Waals surface area contributed by atoms with Gasteiger partial charge in [0.1, 0.15) is 12.4 Å². The highest BCUT2D eigenvalue weighted by molar-refractivity contribution is 7.94. The van der Waals surface area contributed by atoms with E-state index < -0.39 is 28.5 Å². The van der Waals surface area contributed by atoms with Crippen molar-refractivity contribution in [1.82, 2.24) is 10.2 Å². The number of allylic oxidation sites excluding steroid dienone is 2. The number of nitrogens with zero attached hydrogens (tertiary/aromatic N) is 4. The van der Waals surface area contributed by atoms with Crippen LogP contribution < -0.4 is 5.32 Å². The Kier molecular flexibility index (Phi) is 12.3. The second kappa shape index (κ2) is 14.9. The number of hydrogen-bond donors (Lipinski definition) is 1. The van der Waals surface area contributed by atoms with Gasteiger partial charge in [-0.2, -0.15) is 0 Å². The normalized spacial score (nSPS) is 22.6. The minimum Gasteiger partial charge on any atom is -0.493 e. The maximum atomic E-state index is 14.6. The summed E-state index contributed by atoms with van der Waals surface area (Å²) in [6.07, 6.45) is 9.80. The third-order valence-electron chi connectivity index (χ3n) is 5.94. The summed E-state index contributed by atoms with van der Waals surface area (Å²) < 4.78 is 49.7. The fourth-order valence-corrected chi connectivity index (χ4v) is 5.05. The zero-order chi connectivity index (χ0) is 27.4. The first-order valence-electron chi connectivity index (χ1n) is 12.5. The van der Waals surface area contributed by atoms with E-state index in [-0.39, 0.29) is 16.9 Å². The van der Waals surface area contributed by atoms with Crippen LogP contribution in [0, 0.1) is 5.92 Å². The monoisotopic (exact) mass is 541 g/mol. The Morgan fingerprint density at radius 1 is 1.38 bits per heavy atom. The van der Waals surface area contributed by atoms with Crippen LogP contribution >= 0.6 is 0 Å². The van der Waals surface area contributed by atoms with Crippen LogP contribution in [0.15, 0.2) is 49.6 Å². The van der Waals surface area contributed by atoms with E-state index in [9.17, 15) is 12.8 Å². The summed E-state index contributed by atoms with van der Waals surface area (Å²) in [6.45, 7) is 6.17. The van der Waals surface area contributed by atoms with Gasteiger partial charge in [0.05, 0.1) is 18.4 Å². The average Bonchev–Trinajstić information content (AvgIpc) is 3.32. The second-order valence-corrected chi connectivity index (χ2v) is 10.9. The lowest BCUT2D eigenvalue weighted by molar-refractivity contribution is 0.0424. The maximum absolute atomic E-state index is 14.6. The highest BCUT2D eigenvalue weighted by atomic mass is 32.2. The summed E-state index contributed by atoms with van der Waals surface area (Å²) >= 11 is 0. The van der Waals surface area contributed by atoms with Gasteiger partial charge in [0, 0.05) is 38.0 Å². The molecular weight excluding hydrogens is 501 g/mol. The number of methoxy groups -OCH3 is 1. The van der Waals surface area contributed by atoms with Gasteiger partial charge in [-0.1, -0.05) is 32.0 Å². The molecule has 1 saturated heterocycles. The predicted molar refractivity (Wildman–Crippen MR) is 145 cm³/mol. The van der Waals surface area contributed by atoms with Gasteiger partial charge >= 0.3 is 0 Å². The molecule has 2 aliphatic rings. The topological polar surface area (TPSA) is 114 Å². The number of likely N-dealkylation sites (tertiary alicyclic amines) is 1. The lowest BCUT2D eigenvalue weighted by Crippen LogP contribution is -2.42. The van der Waals surface area contributed by atoms with Gasteiger partial charge in [-0.25, -0.2) is 17.8 Å². The minimum absolute atomic E-state index is 0.0416. The molecule has 3 unspecified atom stereocenters. The molecule has 37 heavy (non-hydrogen) atoms. The summed E-state index contributed by atoms with van der Waals surface area (Å²) in [5.41, 5.74) is 0. The zero-order valence-electron chi connectivity index (χ0n) is 22.6. The van der Waals surface area contributed by atoms with E-state index in [1.54, 1.807) is 20.2 Å². The Morgan fingerprint density at radius 3 is 2.76 bits per heavy atom. The van der Waals surface area contributed by atoms with E-state index in [0.717, 1.165) is 44.6 Å². The molecule has 0 spiro atoms. The molecule has 12 heteroatoms.